The predicted octanol–water partition coefficient (Wildman–Crippen LogP) is 4.50. The molecule has 0 spiro atoms. The zero-order valence-electron chi connectivity index (χ0n) is 15.4. The third-order valence-electron chi connectivity index (χ3n) is 3.87. The predicted molar refractivity (Wildman–Crippen MR) is 109 cm³/mol. The molecule has 0 saturated heterocycles. The van der Waals surface area contributed by atoms with Gasteiger partial charge in [0.25, 0.3) is 0 Å². The first kappa shape index (κ1) is 18.3. The van der Waals surface area contributed by atoms with E-state index in [4.69, 9.17) is 9.47 Å². The highest BCUT2D eigenvalue weighted by molar-refractivity contribution is 5.70. The molecule has 2 N–H and O–H groups in total. The van der Waals surface area contributed by atoms with E-state index in [0.717, 1.165) is 22.7 Å². The summed E-state index contributed by atoms with van der Waals surface area (Å²) in [5, 5.41) is 6.45. The number of ether oxygens (including phenoxy) is 2. The Kier molecular flexibility index (Phi) is 5.89. The molecule has 0 aliphatic carbocycles. The van der Waals surface area contributed by atoms with Gasteiger partial charge < -0.3 is 20.1 Å². The summed E-state index contributed by atoms with van der Waals surface area (Å²) in [5.74, 6) is 2.55. The van der Waals surface area contributed by atoms with Crippen molar-refractivity contribution in [1.82, 2.24) is 9.97 Å². The normalized spacial score (nSPS) is 10.1. The van der Waals surface area contributed by atoms with Crippen molar-refractivity contribution in [3.05, 3.63) is 67.3 Å². The quantitative estimate of drug-likeness (QED) is 0.575. The molecule has 6 nitrogen and oxygen atoms in total. The van der Waals surface area contributed by atoms with Crippen LogP contribution in [0.15, 0.2) is 67.3 Å². The highest BCUT2D eigenvalue weighted by Crippen LogP contribution is 2.32. The fraction of sp³-hybridized carbons (Fsp3) is 0.143. The minimum Gasteiger partial charge on any atom is -0.497 e. The Morgan fingerprint density at radius 2 is 1.81 bits per heavy atom. The van der Waals surface area contributed by atoms with Crippen LogP contribution >= 0.6 is 0 Å². The number of benzene rings is 2. The van der Waals surface area contributed by atoms with Gasteiger partial charge in [0.1, 0.15) is 17.3 Å². The summed E-state index contributed by atoms with van der Waals surface area (Å²) in [5.41, 5.74) is 2.60. The fourth-order valence-corrected chi connectivity index (χ4v) is 2.55. The number of nitrogens with one attached hydrogen (secondary N) is 2. The third-order valence-corrected chi connectivity index (χ3v) is 3.87. The molecule has 138 valence electrons. The first-order valence-electron chi connectivity index (χ1n) is 8.52. The number of hydrogen-bond acceptors (Lipinski definition) is 6. The Bertz CT molecular complexity index is 913. The smallest absolute Gasteiger partial charge is 0.225 e. The first-order valence-corrected chi connectivity index (χ1v) is 8.52. The van der Waals surface area contributed by atoms with Gasteiger partial charge in [0.2, 0.25) is 5.95 Å². The van der Waals surface area contributed by atoms with Crippen molar-refractivity contribution in [2.75, 3.05) is 31.4 Å². The Morgan fingerprint density at radius 3 is 2.52 bits per heavy atom. The van der Waals surface area contributed by atoms with E-state index in [2.05, 4.69) is 27.2 Å². The van der Waals surface area contributed by atoms with Crippen molar-refractivity contribution < 1.29 is 9.47 Å². The van der Waals surface area contributed by atoms with Gasteiger partial charge in [-0.3, -0.25) is 0 Å². The molecule has 3 aromatic rings. The van der Waals surface area contributed by atoms with E-state index in [9.17, 15) is 0 Å². The zero-order valence-corrected chi connectivity index (χ0v) is 15.4. The minimum absolute atomic E-state index is 0.520. The summed E-state index contributed by atoms with van der Waals surface area (Å²) >= 11 is 0. The van der Waals surface area contributed by atoms with Crippen LogP contribution in [0.1, 0.15) is 0 Å². The number of rotatable bonds is 8. The lowest BCUT2D eigenvalue weighted by Gasteiger charge is -2.14. The molecule has 0 fully saturated rings. The monoisotopic (exact) mass is 362 g/mol. The number of hydrogen-bond donors (Lipinski definition) is 2. The molecule has 0 atom stereocenters. The molecule has 6 heteroatoms. The van der Waals surface area contributed by atoms with Crippen molar-refractivity contribution in [3.8, 4) is 22.8 Å². The van der Waals surface area contributed by atoms with Crippen LogP contribution in [0.4, 0.5) is 17.5 Å². The van der Waals surface area contributed by atoms with E-state index < -0.39 is 0 Å². The van der Waals surface area contributed by atoms with Crippen LogP contribution in [0.5, 0.6) is 11.5 Å². The highest BCUT2D eigenvalue weighted by Gasteiger charge is 2.10. The second-order valence-corrected chi connectivity index (χ2v) is 5.69. The van der Waals surface area contributed by atoms with E-state index in [1.54, 1.807) is 20.3 Å². The fourth-order valence-electron chi connectivity index (χ4n) is 2.55. The van der Waals surface area contributed by atoms with Gasteiger partial charge in [-0.2, -0.15) is 4.98 Å². The molecule has 0 unspecified atom stereocenters. The molecular formula is C21H22N4O2. The van der Waals surface area contributed by atoms with Crippen molar-refractivity contribution in [2.24, 2.45) is 0 Å². The molecule has 1 aromatic heterocycles. The molecule has 0 bridgehead atoms. The van der Waals surface area contributed by atoms with E-state index in [1.807, 2.05) is 54.6 Å². The van der Waals surface area contributed by atoms with E-state index in [1.165, 1.54) is 0 Å². The number of nitrogens with zero attached hydrogens (tertiary/aromatic N) is 2. The maximum atomic E-state index is 5.46. The van der Waals surface area contributed by atoms with Crippen LogP contribution in [0, 0.1) is 0 Å². The zero-order chi connectivity index (χ0) is 19.1. The number of anilines is 3. The number of methoxy groups -OCH3 is 2. The lowest BCUT2D eigenvalue weighted by Crippen LogP contribution is -2.06. The lowest BCUT2D eigenvalue weighted by molar-refractivity contribution is 0.395. The third kappa shape index (κ3) is 4.55. The second-order valence-electron chi connectivity index (χ2n) is 5.69. The van der Waals surface area contributed by atoms with Crippen LogP contribution in [-0.2, 0) is 0 Å². The molecule has 1 heterocycles. The Hall–Kier alpha value is -3.54. The Labute approximate surface area is 158 Å². The second kappa shape index (κ2) is 8.71. The highest BCUT2D eigenvalue weighted by atomic mass is 16.5. The van der Waals surface area contributed by atoms with Crippen LogP contribution in [0.3, 0.4) is 0 Å². The number of aromatic nitrogens is 2. The van der Waals surface area contributed by atoms with Crippen LogP contribution < -0.4 is 20.1 Å². The average Bonchev–Trinajstić information content (AvgIpc) is 2.73. The van der Waals surface area contributed by atoms with Crippen molar-refractivity contribution in [3.63, 3.8) is 0 Å². The summed E-state index contributed by atoms with van der Waals surface area (Å²) in [6.07, 6.45) is 1.76. The van der Waals surface area contributed by atoms with Gasteiger partial charge in [-0.15, -0.1) is 6.58 Å². The first-order chi connectivity index (χ1) is 13.2. The topological polar surface area (TPSA) is 68.3 Å². The summed E-state index contributed by atoms with van der Waals surface area (Å²) in [6.45, 7) is 4.30. The maximum Gasteiger partial charge on any atom is 0.225 e. The van der Waals surface area contributed by atoms with E-state index in [0.29, 0.717) is 24.1 Å². The largest absolute Gasteiger partial charge is 0.497 e. The molecule has 3 rings (SSSR count). The molecule has 0 radical (unpaired) electrons. The average molecular weight is 362 g/mol. The van der Waals surface area contributed by atoms with Crippen LogP contribution in [0.25, 0.3) is 11.3 Å². The molecule has 0 amide bonds. The van der Waals surface area contributed by atoms with Gasteiger partial charge in [0.05, 0.1) is 25.6 Å². The van der Waals surface area contributed by atoms with Gasteiger partial charge >= 0.3 is 0 Å². The van der Waals surface area contributed by atoms with Gasteiger partial charge in [-0.1, -0.05) is 36.4 Å². The molecular weight excluding hydrogens is 340 g/mol. The van der Waals surface area contributed by atoms with Gasteiger partial charge in [-0.25, -0.2) is 4.98 Å². The van der Waals surface area contributed by atoms with Gasteiger partial charge in [-0.05, 0) is 12.1 Å². The van der Waals surface area contributed by atoms with Gasteiger partial charge in [0, 0.05) is 24.2 Å². The molecule has 27 heavy (non-hydrogen) atoms. The maximum absolute atomic E-state index is 5.46. The van der Waals surface area contributed by atoms with E-state index >= 15 is 0 Å². The summed E-state index contributed by atoms with van der Waals surface area (Å²) < 4.78 is 10.7. The molecule has 0 saturated carbocycles. The summed E-state index contributed by atoms with van der Waals surface area (Å²) in [4.78, 5) is 9.13. The molecule has 0 aliphatic heterocycles. The van der Waals surface area contributed by atoms with Crippen molar-refractivity contribution in [1.29, 1.82) is 0 Å². The lowest BCUT2D eigenvalue weighted by atomic mass is 10.1. The van der Waals surface area contributed by atoms with Crippen molar-refractivity contribution >= 4 is 17.5 Å². The molecule has 0 aliphatic rings. The van der Waals surface area contributed by atoms with E-state index in [-0.39, 0.29) is 0 Å². The standard InChI is InChI=1S/C21H22N4O2/c1-4-12-22-21-24-18(15-8-6-5-7-9-15)14-20(25-21)23-17-11-10-16(26-2)13-19(17)27-3/h4-11,13-14H,1,12H2,2-3H3,(H2,22,23,24,25). The minimum atomic E-state index is 0.520. The van der Waals surface area contributed by atoms with Gasteiger partial charge in [0.15, 0.2) is 0 Å². The summed E-state index contributed by atoms with van der Waals surface area (Å²) in [7, 11) is 3.24. The van der Waals surface area contributed by atoms with Crippen molar-refractivity contribution in [2.45, 2.75) is 0 Å². The Balaban J connectivity index is 1.98. The summed E-state index contributed by atoms with van der Waals surface area (Å²) in [6, 6.07) is 17.4. The SMILES string of the molecule is C=CCNc1nc(Nc2ccc(OC)cc2OC)cc(-c2ccccc2)n1. The Morgan fingerprint density at radius 1 is 1.00 bits per heavy atom. The van der Waals surface area contributed by atoms with Crippen LogP contribution in [-0.4, -0.2) is 30.7 Å². The van der Waals surface area contributed by atoms with Crippen LogP contribution in [0.2, 0.25) is 0 Å². The molecule has 2 aromatic carbocycles.